The van der Waals surface area contributed by atoms with Crippen molar-refractivity contribution in [2.24, 2.45) is 0 Å². The van der Waals surface area contributed by atoms with Crippen molar-refractivity contribution in [2.45, 2.75) is 12.3 Å². The quantitative estimate of drug-likeness (QED) is 0.680. The van der Waals surface area contributed by atoms with Gasteiger partial charge in [-0.15, -0.1) is 0 Å². The van der Waals surface area contributed by atoms with Gasteiger partial charge in [-0.1, -0.05) is 11.6 Å². The zero-order chi connectivity index (χ0) is 11.6. The smallest absolute Gasteiger partial charge is 0.226 e. The van der Waals surface area contributed by atoms with E-state index < -0.39 is 23.5 Å². The van der Waals surface area contributed by atoms with E-state index in [1.807, 2.05) is 0 Å². The number of nitrogens with zero attached hydrogens (tertiary/aromatic N) is 1. The van der Waals surface area contributed by atoms with Crippen LogP contribution in [0.2, 0.25) is 5.02 Å². The molecule has 80 valence electrons. The van der Waals surface area contributed by atoms with E-state index in [2.05, 4.69) is 0 Å². The third-order valence-electron chi connectivity index (χ3n) is 1.65. The number of hydrogen-bond acceptors (Lipinski definition) is 1. The zero-order valence-corrected chi connectivity index (χ0v) is 7.90. The molecular weight excluding hydrogens is 234 g/mol. The van der Waals surface area contributed by atoms with Gasteiger partial charge in [0.1, 0.15) is 6.07 Å². The highest BCUT2D eigenvalue weighted by Gasteiger charge is 2.31. The van der Waals surface area contributed by atoms with Crippen molar-refractivity contribution >= 4 is 11.6 Å². The Morgan fingerprint density at radius 1 is 1.27 bits per heavy atom. The Balaban J connectivity index is 3.24. The van der Waals surface area contributed by atoms with Gasteiger partial charge in [-0.3, -0.25) is 0 Å². The Morgan fingerprint density at radius 2 is 1.87 bits per heavy atom. The summed E-state index contributed by atoms with van der Waals surface area (Å²) in [5, 5.41) is 7.97. The highest BCUT2D eigenvalue weighted by atomic mass is 35.5. The maximum Gasteiger partial charge on any atom is 0.416 e. The third-order valence-corrected chi connectivity index (χ3v) is 1.87. The average molecular weight is 238 g/mol. The van der Waals surface area contributed by atoms with E-state index >= 15 is 0 Å². The van der Waals surface area contributed by atoms with Crippen LogP contribution < -0.4 is 0 Å². The number of hydrogen-bond donors (Lipinski definition) is 0. The Morgan fingerprint density at radius 3 is 2.33 bits per heavy atom. The first-order valence-electron chi connectivity index (χ1n) is 3.76. The molecule has 0 heterocycles. The first kappa shape index (κ1) is 11.8. The van der Waals surface area contributed by atoms with Crippen molar-refractivity contribution in [1.82, 2.24) is 0 Å². The molecule has 0 aliphatic heterocycles. The molecule has 0 spiro atoms. The average Bonchev–Trinajstić information content (AvgIpc) is 2.14. The molecule has 0 saturated heterocycles. The van der Waals surface area contributed by atoms with Gasteiger partial charge in [0.05, 0.1) is 5.56 Å². The van der Waals surface area contributed by atoms with Gasteiger partial charge in [-0.2, -0.15) is 18.4 Å². The normalized spacial score (nSPS) is 13.3. The maximum absolute atomic E-state index is 12.8. The summed E-state index contributed by atoms with van der Waals surface area (Å²) >= 11 is 5.38. The fourth-order valence-electron chi connectivity index (χ4n) is 0.997. The number of benzene rings is 1. The van der Waals surface area contributed by atoms with E-state index in [1.54, 1.807) is 0 Å². The molecule has 1 atom stereocenters. The van der Waals surface area contributed by atoms with Gasteiger partial charge in [0.15, 0.2) is 0 Å². The Kier molecular flexibility index (Phi) is 3.20. The predicted octanol–water partition coefficient (Wildman–Crippen LogP) is 3.89. The van der Waals surface area contributed by atoms with Crippen molar-refractivity contribution < 1.29 is 17.6 Å². The molecule has 0 bridgehead atoms. The monoisotopic (exact) mass is 237 g/mol. The summed E-state index contributed by atoms with van der Waals surface area (Å²) in [6.07, 6.45) is -6.71. The summed E-state index contributed by atoms with van der Waals surface area (Å²) in [6.45, 7) is 0. The lowest BCUT2D eigenvalue weighted by Gasteiger charge is -2.09. The van der Waals surface area contributed by atoms with Crippen LogP contribution in [0.25, 0.3) is 0 Å². The number of rotatable bonds is 1. The van der Waals surface area contributed by atoms with Gasteiger partial charge in [0, 0.05) is 10.6 Å². The largest absolute Gasteiger partial charge is 0.416 e. The second-order valence-electron chi connectivity index (χ2n) is 2.76. The summed E-state index contributed by atoms with van der Waals surface area (Å²) in [4.78, 5) is 0. The Hall–Kier alpha value is -1.28. The predicted molar refractivity (Wildman–Crippen MR) is 45.9 cm³/mol. The van der Waals surface area contributed by atoms with Gasteiger partial charge in [0.25, 0.3) is 0 Å². The molecule has 1 rings (SSSR count). The molecule has 0 N–H and O–H groups in total. The van der Waals surface area contributed by atoms with Gasteiger partial charge < -0.3 is 0 Å². The second-order valence-corrected chi connectivity index (χ2v) is 3.20. The SMILES string of the molecule is N#CC(F)c1cc(Cl)cc(C(F)(F)F)c1. The van der Waals surface area contributed by atoms with Gasteiger partial charge in [0.2, 0.25) is 6.17 Å². The second kappa shape index (κ2) is 4.07. The fraction of sp³-hybridized carbons (Fsp3) is 0.222. The van der Waals surface area contributed by atoms with Crippen LogP contribution in [0.3, 0.4) is 0 Å². The first-order chi connectivity index (χ1) is 6.84. The molecule has 6 heteroatoms. The molecular formula is C9H4ClF4N. The summed E-state index contributed by atoms with van der Waals surface area (Å²) in [5.41, 5.74) is -1.46. The molecule has 0 aliphatic rings. The molecule has 0 aromatic heterocycles. The Labute approximate surface area is 87.9 Å². The molecule has 1 aromatic carbocycles. The number of nitriles is 1. The Bertz CT molecular complexity index is 408. The highest BCUT2D eigenvalue weighted by molar-refractivity contribution is 6.30. The van der Waals surface area contributed by atoms with Crippen LogP contribution in [0, 0.1) is 11.3 Å². The van der Waals surface area contributed by atoms with Crippen molar-refractivity contribution in [3.63, 3.8) is 0 Å². The zero-order valence-electron chi connectivity index (χ0n) is 7.15. The third kappa shape index (κ3) is 2.83. The topological polar surface area (TPSA) is 23.8 Å². The molecule has 1 nitrogen and oxygen atoms in total. The molecule has 0 aliphatic carbocycles. The van der Waals surface area contributed by atoms with Crippen molar-refractivity contribution in [3.05, 3.63) is 34.3 Å². The summed E-state index contributed by atoms with van der Waals surface area (Å²) < 4.78 is 49.6. The molecule has 0 fully saturated rings. The summed E-state index contributed by atoms with van der Waals surface area (Å²) in [7, 11) is 0. The van der Waals surface area contributed by atoms with Gasteiger partial charge >= 0.3 is 6.18 Å². The standard InChI is InChI=1S/C9H4ClF4N/c10-7-2-5(8(11)4-15)1-6(3-7)9(12,13)14/h1-3,8H. The minimum Gasteiger partial charge on any atom is -0.226 e. The lowest BCUT2D eigenvalue weighted by Crippen LogP contribution is -2.06. The van der Waals surface area contributed by atoms with E-state index in [9.17, 15) is 17.6 Å². The van der Waals surface area contributed by atoms with E-state index in [0.717, 1.165) is 6.07 Å². The van der Waals surface area contributed by atoms with Crippen LogP contribution in [0.4, 0.5) is 17.6 Å². The van der Waals surface area contributed by atoms with E-state index in [4.69, 9.17) is 16.9 Å². The molecule has 0 saturated carbocycles. The molecule has 1 unspecified atom stereocenters. The molecule has 0 radical (unpaired) electrons. The van der Waals surface area contributed by atoms with Gasteiger partial charge in [-0.05, 0) is 18.2 Å². The minimum absolute atomic E-state index is 0.252. The minimum atomic E-state index is -4.60. The summed E-state index contributed by atoms with van der Waals surface area (Å²) in [6, 6.07) is 3.43. The van der Waals surface area contributed by atoms with E-state index in [1.165, 1.54) is 6.07 Å². The van der Waals surface area contributed by atoms with Crippen LogP contribution >= 0.6 is 11.6 Å². The van der Waals surface area contributed by atoms with E-state index in [0.29, 0.717) is 12.1 Å². The van der Waals surface area contributed by atoms with Crippen LogP contribution in [-0.2, 0) is 6.18 Å². The lowest BCUT2D eigenvalue weighted by molar-refractivity contribution is -0.137. The van der Waals surface area contributed by atoms with Crippen molar-refractivity contribution in [3.8, 4) is 6.07 Å². The number of halogens is 5. The molecule has 0 amide bonds. The lowest BCUT2D eigenvalue weighted by atomic mass is 10.1. The number of alkyl halides is 4. The van der Waals surface area contributed by atoms with Crippen LogP contribution in [0.1, 0.15) is 17.3 Å². The molecule has 1 aromatic rings. The maximum atomic E-state index is 12.8. The fourth-order valence-corrected chi connectivity index (χ4v) is 1.24. The van der Waals surface area contributed by atoms with Crippen LogP contribution in [-0.4, -0.2) is 0 Å². The van der Waals surface area contributed by atoms with Gasteiger partial charge in [-0.25, -0.2) is 4.39 Å². The molecule has 15 heavy (non-hydrogen) atoms. The van der Waals surface area contributed by atoms with Crippen molar-refractivity contribution in [1.29, 1.82) is 5.26 Å². The summed E-state index contributed by atoms with van der Waals surface area (Å²) in [5.74, 6) is 0. The van der Waals surface area contributed by atoms with Crippen molar-refractivity contribution in [2.75, 3.05) is 0 Å². The van der Waals surface area contributed by atoms with Crippen LogP contribution in [0.5, 0.6) is 0 Å². The van der Waals surface area contributed by atoms with E-state index in [-0.39, 0.29) is 5.02 Å². The highest BCUT2D eigenvalue weighted by Crippen LogP contribution is 2.33. The van der Waals surface area contributed by atoms with Crippen LogP contribution in [0.15, 0.2) is 18.2 Å². The first-order valence-corrected chi connectivity index (χ1v) is 4.14.